The predicted octanol–water partition coefficient (Wildman–Crippen LogP) is 7.76. The van der Waals surface area contributed by atoms with Gasteiger partial charge in [-0.15, -0.1) is 0 Å². The van der Waals surface area contributed by atoms with Crippen molar-refractivity contribution < 1.29 is 0 Å². The van der Waals surface area contributed by atoms with Crippen molar-refractivity contribution in [2.75, 3.05) is 0 Å². The number of aromatic nitrogens is 2. The lowest BCUT2D eigenvalue weighted by Gasteiger charge is -2.19. The predicted molar refractivity (Wildman–Crippen MR) is 133 cm³/mol. The first-order valence-corrected chi connectivity index (χ1v) is 10.9. The molecule has 0 unspecified atom stereocenters. The topological polar surface area (TPSA) is 25.8 Å². The Morgan fingerprint density at radius 2 is 0.938 bits per heavy atom. The lowest BCUT2D eigenvalue weighted by molar-refractivity contribution is 1.27. The lowest BCUT2D eigenvalue weighted by Crippen LogP contribution is -1.98. The fourth-order valence-electron chi connectivity index (χ4n) is 4.38. The van der Waals surface area contributed by atoms with Crippen molar-refractivity contribution in [2.24, 2.45) is 0 Å². The van der Waals surface area contributed by atoms with Crippen molar-refractivity contribution in [3.05, 3.63) is 121 Å². The Kier molecular flexibility index (Phi) is 5.35. The van der Waals surface area contributed by atoms with Gasteiger partial charge in [-0.3, -0.25) is 9.97 Å². The van der Waals surface area contributed by atoms with E-state index in [2.05, 4.69) is 90.5 Å². The number of hydrogen-bond donors (Lipinski definition) is 0. The summed E-state index contributed by atoms with van der Waals surface area (Å²) in [4.78, 5) is 9.28. The van der Waals surface area contributed by atoms with E-state index in [9.17, 15) is 0 Å². The molecule has 2 heteroatoms. The van der Waals surface area contributed by atoms with Crippen LogP contribution >= 0.6 is 0 Å². The second-order valence-electron chi connectivity index (χ2n) is 7.97. The quantitative estimate of drug-likeness (QED) is 0.301. The zero-order chi connectivity index (χ0) is 21.9. The number of rotatable bonds is 4. The molecular weight excluding hydrogens is 388 g/mol. The van der Waals surface area contributed by atoms with Gasteiger partial charge in [0.05, 0.1) is 11.4 Å². The Bertz CT molecular complexity index is 1280. The molecule has 154 valence electrons. The minimum Gasteiger partial charge on any atom is -0.256 e. The third kappa shape index (κ3) is 3.72. The van der Waals surface area contributed by atoms with Crippen molar-refractivity contribution in [3.63, 3.8) is 0 Å². The summed E-state index contributed by atoms with van der Waals surface area (Å²) in [6.07, 6.45) is 3.70. The second kappa shape index (κ2) is 8.60. The van der Waals surface area contributed by atoms with Gasteiger partial charge in [-0.25, -0.2) is 0 Å². The van der Waals surface area contributed by atoms with Crippen molar-refractivity contribution in [2.45, 2.75) is 13.8 Å². The Balaban J connectivity index is 1.71. The third-order valence-electron chi connectivity index (χ3n) is 6.01. The minimum atomic E-state index is 0.976. The summed E-state index contributed by atoms with van der Waals surface area (Å²) >= 11 is 0. The van der Waals surface area contributed by atoms with Gasteiger partial charge in [0.1, 0.15) is 0 Å². The van der Waals surface area contributed by atoms with Crippen LogP contribution in [0, 0.1) is 13.8 Å². The van der Waals surface area contributed by atoms with Crippen LogP contribution in [0.5, 0.6) is 0 Å². The number of hydrogen-bond acceptors (Lipinski definition) is 2. The van der Waals surface area contributed by atoms with E-state index in [1.54, 1.807) is 0 Å². The van der Waals surface area contributed by atoms with E-state index in [1.165, 1.54) is 33.4 Å². The van der Waals surface area contributed by atoms with Gasteiger partial charge in [-0.2, -0.15) is 0 Å². The molecule has 0 saturated carbocycles. The molecule has 2 heterocycles. The van der Waals surface area contributed by atoms with E-state index in [4.69, 9.17) is 0 Å². The Labute approximate surface area is 189 Å². The van der Waals surface area contributed by atoms with Crippen LogP contribution in [0.4, 0.5) is 0 Å². The Morgan fingerprint density at radius 3 is 1.44 bits per heavy atom. The van der Waals surface area contributed by atoms with Crippen LogP contribution in [0.15, 0.2) is 109 Å². The van der Waals surface area contributed by atoms with E-state index < -0.39 is 0 Å². The molecule has 0 radical (unpaired) electrons. The maximum absolute atomic E-state index is 4.64. The first kappa shape index (κ1) is 19.9. The number of pyridine rings is 2. The van der Waals surface area contributed by atoms with Crippen LogP contribution in [0.2, 0.25) is 0 Å². The molecule has 0 bridgehead atoms. The average Bonchev–Trinajstić information content (AvgIpc) is 2.86. The SMILES string of the molecule is Cc1c(-c2ccccn2)cc(-c2ccccn2)c(C)c1-c1ccc(-c2ccccc2)cc1. The van der Waals surface area contributed by atoms with E-state index in [0.29, 0.717) is 0 Å². The molecule has 0 aliphatic rings. The maximum atomic E-state index is 4.64. The summed E-state index contributed by atoms with van der Waals surface area (Å²) in [5, 5.41) is 0. The smallest absolute Gasteiger partial charge is 0.0705 e. The molecule has 0 N–H and O–H groups in total. The fraction of sp³-hybridized carbons (Fsp3) is 0.0667. The molecule has 0 aliphatic carbocycles. The van der Waals surface area contributed by atoms with Crippen LogP contribution in [-0.4, -0.2) is 9.97 Å². The van der Waals surface area contributed by atoms with E-state index in [0.717, 1.165) is 22.5 Å². The molecule has 32 heavy (non-hydrogen) atoms. The highest BCUT2D eigenvalue weighted by atomic mass is 14.7. The van der Waals surface area contributed by atoms with Crippen LogP contribution in [-0.2, 0) is 0 Å². The van der Waals surface area contributed by atoms with Crippen LogP contribution in [0.25, 0.3) is 44.8 Å². The molecule has 5 rings (SSSR count). The van der Waals surface area contributed by atoms with Crippen LogP contribution in [0.1, 0.15) is 11.1 Å². The monoisotopic (exact) mass is 412 g/mol. The van der Waals surface area contributed by atoms with Crippen molar-refractivity contribution in [1.82, 2.24) is 9.97 Å². The molecule has 0 spiro atoms. The summed E-state index contributed by atoms with van der Waals surface area (Å²) < 4.78 is 0. The molecule has 0 atom stereocenters. The second-order valence-corrected chi connectivity index (χ2v) is 7.97. The third-order valence-corrected chi connectivity index (χ3v) is 6.01. The van der Waals surface area contributed by atoms with Gasteiger partial charge in [0.2, 0.25) is 0 Å². The van der Waals surface area contributed by atoms with Gasteiger partial charge in [-0.1, -0.05) is 66.7 Å². The normalized spacial score (nSPS) is 10.8. The maximum Gasteiger partial charge on any atom is 0.0705 e. The Morgan fingerprint density at radius 1 is 0.469 bits per heavy atom. The minimum absolute atomic E-state index is 0.976. The number of nitrogens with zero attached hydrogens (tertiary/aromatic N) is 2. The molecule has 5 aromatic rings. The zero-order valence-electron chi connectivity index (χ0n) is 18.3. The zero-order valence-corrected chi connectivity index (χ0v) is 18.3. The first-order valence-electron chi connectivity index (χ1n) is 10.9. The summed E-state index contributed by atoms with van der Waals surface area (Å²) in [7, 11) is 0. The summed E-state index contributed by atoms with van der Waals surface area (Å²) in [5.41, 5.74) is 11.6. The highest BCUT2D eigenvalue weighted by molar-refractivity contribution is 5.87. The first-order chi connectivity index (χ1) is 15.7. The summed E-state index contributed by atoms with van der Waals surface area (Å²) in [6.45, 7) is 4.39. The fourth-order valence-corrected chi connectivity index (χ4v) is 4.38. The molecule has 2 nitrogen and oxygen atoms in total. The molecule has 0 fully saturated rings. The van der Waals surface area contributed by atoms with Gasteiger partial charge in [0, 0.05) is 23.5 Å². The van der Waals surface area contributed by atoms with Crippen molar-refractivity contribution in [3.8, 4) is 44.8 Å². The van der Waals surface area contributed by atoms with E-state index in [-0.39, 0.29) is 0 Å². The standard InChI is InChI=1S/C30H24N2/c1-21-26(28-12-6-8-18-31-28)20-27(29-13-7-9-19-32-29)22(2)30(21)25-16-14-24(15-17-25)23-10-4-3-5-11-23/h3-20H,1-2H3. The summed E-state index contributed by atoms with van der Waals surface area (Å²) in [6, 6.07) is 33.7. The molecule has 3 aromatic carbocycles. The van der Waals surface area contributed by atoms with Crippen molar-refractivity contribution in [1.29, 1.82) is 0 Å². The highest BCUT2D eigenvalue weighted by Crippen LogP contribution is 2.39. The molecule has 0 amide bonds. The molecule has 0 aliphatic heterocycles. The highest BCUT2D eigenvalue weighted by Gasteiger charge is 2.17. The van der Waals surface area contributed by atoms with Gasteiger partial charge in [0.25, 0.3) is 0 Å². The van der Waals surface area contributed by atoms with Gasteiger partial charge < -0.3 is 0 Å². The van der Waals surface area contributed by atoms with Crippen molar-refractivity contribution >= 4 is 0 Å². The van der Waals surface area contributed by atoms with Gasteiger partial charge in [-0.05, 0) is 77.6 Å². The van der Waals surface area contributed by atoms with Crippen LogP contribution < -0.4 is 0 Å². The molecular formula is C30H24N2. The van der Waals surface area contributed by atoms with E-state index >= 15 is 0 Å². The van der Waals surface area contributed by atoms with Crippen LogP contribution in [0.3, 0.4) is 0 Å². The molecule has 2 aromatic heterocycles. The van der Waals surface area contributed by atoms with E-state index in [1.807, 2.05) is 42.7 Å². The van der Waals surface area contributed by atoms with Gasteiger partial charge >= 0.3 is 0 Å². The van der Waals surface area contributed by atoms with Gasteiger partial charge in [0.15, 0.2) is 0 Å². The lowest BCUT2D eigenvalue weighted by atomic mass is 9.86. The average molecular weight is 413 g/mol. The largest absolute Gasteiger partial charge is 0.256 e. The molecule has 0 saturated heterocycles. The Hall–Kier alpha value is -4.04. The summed E-state index contributed by atoms with van der Waals surface area (Å²) in [5.74, 6) is 0. The number of benzene rings is 3.